The van der Waals surface area contributed by atoms with E-state index < -0.39 is 18.5 Å². The lowest BCUT2D eigenvalue weighted by Gasteiger charge is -2.09. The molecule has 0 atom stereocenters. The molecule has 0 bridgehead atoms. The normalized spacial score (nSPS) is 13.0. The molecule has 0 radical (unpaired) electrons. The molecule has 2 heterocycles. The Morgan fingerprint density at radius 2 is 2.07 bits per heavy atom. The summed E-state index contributed by atoms with van der Waals surface area (Å²) in [5.74, 6) is -0.985. The van der Waals surface area contributed by atoms with Crippen LogP contribution < -0.4 is 5.32 Å². The van der Waals surface area contributed by atoms with E-state index >= 15 is 0 Å². The number of hydrogen-bond donors (Lipinski definition) is 1. The number of esters is 1. The number of benzene rings is 1. The molecule has 0 aliphatic heterocycles. The van der Waals surface area contributed by atoms with Crippen LogP contribution in [0.1, 0.15) is 39.2 Å². The van der Waals surface area contributed by atoms with Gasteiger partial charge in [-0.25, -0.2) is 4.79 Å². The molecular weight excluding hydrogens is 374 g/mol. The molecular formula is C21H19N3O3S. The zero-order valence-corrected chi connectivity index (χ0v) is 16.3. The van der Waals surface area contributed by atoms with Crippen molar-refractivity contribution in [3.63, 3.8) is 0 Å². The van der Waals surface area contributed by atoms with Crippen molar-refractivity contribution in [3.05, 3.63) is 52.0 Å². The first-order valence-electron chi connectivity index (χ1n) is 9.14. The Morgan fingerprint density at radius 3 is 2.89 bits per heavy atom. The van der Waals surface area contributed by atoms with Gasteiger partial charge >= 0.3 is 5.97 Å². The number of para-hydroxylation sites is 1. The maximum absolute atomic E-state index is 12.4. The number of aromatic nitrogens is 1. The van der Waals surface area contributed by atoms with Crippen LogP contribution in [0.25, 0.3) is 10.9 Å². The first kappa shape index (κ1) is 18.3. The van der Waals surface area contributed by atoms with Crippen LogP contribution in [-0.2, 0) is 29.4 Å². The van der Waals surface area contributed by atoms with Crippen LogP contribution in [0.2, 0.25) is 0 Å². The fourth-order valence-corrected chi connectivity index (χ4v) is 4.90. The Balaban J connectivity index is 1.44. The highest BCUT2D eigenvalue weighted by atomic mass is 32.1. The summed E-state index contributed by atoms with van der Waals surface area (Å²) < 4.78 is 7.07. The van der Waals surface area contributed by atoms with Gasteiger partial charge in [0.05, 0.1) is 11.1 Å². The molecule has 0 spiro atoms. The summed E-state index contributed by atoms with van der Waals surface area (Å²) in [5, 5.41) is 13.5. The van der Waals surface area contributed by atoms with Gasteiger partial charge in [-0.05, 0) is 37.3 Å². The number of ether oxygens (including phenoxy) is 1. The van der Waals surface area contributed by atoms with Crippen molar-refractivity contribution in [1.82, 2.24) is 4.57 Å². The number of carbonyl (C=O) groups is 2. The number of nitrogens with one attached hydrogen (secondary N) is 1. The number of carbonyl (C=O) groups excluding carboxylic acids is 2. The van der Waals surface area contributed by atoms with Gasteiger partial charge in [-0.2, -0.15) is 5.26 Å². The van der Waals surface area contributed by atoms with Crippen LogP contribution >= 0.6 is 11.3 Å². The number of nitriles is 1. The number of fused-ring (bicyclic) bond motifs is 2. The van der Waals surface area contributed by atoms with Crippen LogP contribution in [0, 0.1) is 11.3 Å². The first-order valence-corrected chi connectivity index (χ1v) is 9.96. The quantitative estimate of drug-likeness (QED) is 0.684. The molecule has 0 unspecified atom stereocenters. The highest BCUT2D eigenvalue weighted by Gasteiger charge is 2.22. The van der Waals surface area contributed by atoms with E-state index in [1.165, 1.54) is 16.2 Å². The Bertz CT molecular complexity index is 1120. The summed E-state index contributed by atoms with van der Waals surface area (Å²) in [7, 11) is 1.85. The van der Waals surface area contributed by atoms with Crippen molar-refractivity contribution in [2.45, 2.75) is 25.7 Å². The maximum Gasteiger partial charge on any atom is 0.340 e. The summed E-state index contributed by atoms with van der Waals surface area (Å²) in [4.78, 5) is 25.9. The summed E-state index contributed by atoms with van der Waals surface area (Å²) in [6.07, 6.45) is 5.69. The molecule has 142 valence electrons. The van der Waals surface area contributed by atoms with Crippen LogP contribution in [0.15, 0.2) is 30.5 Å². The highest BCUT2D eigenvalue weighted by Crippen LogP contribution is 2.37. The Kier molecular flexibility index (Phi) is 4.88. The van der Waals surface area contributed by atoms with E-state index in [4.69, 9.17) is 4.74 Å². The Labute approximate surface area is 166 Å². The molecule has 1 amide bonds. The number of thiophene rings is 1. The van der Waals surface area contributed by atoms with Gasteiger partial charge in [0.2, 0.25) is 0 Å². The third-order valence-electron chi connectivity index (χ3n) is 4.99. The van der Waals surface area contributed by atoms with Gasteiger partial charge in [-0.15, -0.1) is 11.3 Å². The summed E-state index contributed by atoms with van der Waals surface area (Å²) in [5.41, 5.74) is 2.95. The van der Waals surface area contributed by atoms with Crippen molar-refractivity contribution in [2.75, 3.05) is 11.9 Å². The van der Waals surface area contributed by atoms with E-state index in [0.29, 0.717) is 16.1 Å². The molecule has 1 N–H and O–H groups in total. The molecule has 0 saturated carbocycles. The number of rotatable bonds is 4. The average Bonchev–Trinajstić information content (AvgIpc) is 3.23. The summed E-state index contributed by atoms with van der Waals surface area (Å²) >= 11 is 1.45. The molecule has 6 nitrogen and oxygen atoms in total. The van der Waals surface area contributed by atoms with Gasteiger partial charge in [0.15, 0.2) is 6.61 Å². The third-order valence-corrected chi connectivity index (χ3v) is 6.19. The first-order chi connectivity index (χ1) is 13.6. The SMILES string of the molecule is Cn1cc(C(=O)OCC(=O)Nc2sc3c(c2C#N)CCCC3)c2ccccc21. The average molecular weight is 393 g/mol. The predicted octanol–water partition coefficient (Wildman–Crippen LogP) is 3.79. The molecule has 7 heteroatoms. The number of hydrogen-bond acceptors (Lipinski definition) is 5. The highest BCUT2D eigenvalue weighted by molar-refractivity contribution is 7.16. The second-order valence-corrected chi connectivity index (χ2v) is 7.93. The van der Waals surface area contributed by atoms with Crippen molar-refractivity contribution >= 4 is 39.1 Å². The van der Waals surface area contributed by atoms with Crippen LogP contribution in [0.4, 0.5) is 5.00 Å². The molecule has 1 aromatic carbocycles. The van der Waals surface area contributed by atoms with Crippen molar-refractivity contribution in [2.24, 2.45) is 7.05 Å². The van der Waals surface area contributed by atoms with Crippen molar-refractivity contribution in [3.8, 4) is 6.07 Å². The zero-order chi connectivity index (χ0) is 19.7. The molecule has 28 heavy (non-hydrogen) atoms. The molecule has 3 aromatic rings. The minimum Gasteiger partial charge on any atom is -0.452 e. The smallest absolute Gasteiger partial charge is 0.340 e. The second kappa shape index (κ2) is 7.49. The van der Waals surface area contributed by atoms with E-state index in [1.807, 2.05) is 35.9 Å². The fraction of sp³-hybridized carbons (Fsp3) is 0.286. The van der Waals surface area contributed by atoms with Crippen molar-refractivity contribution < 1.29 is 14.3 Å². The number of aryl methyl sites for hydroxylation is 2. The van der Waals surface area contributed by atoms with E-state index in [9.17, 15) is 14.9 Å². The zero-order valence-electron chi connectivity index (χ0n) is 15.4. The van der Waals surface area contributed by atoms with E-state index in [1.54, 1.807) is 6.20 Å². The Morgan fingerprint density at radius 1 is 1.29 bits per heavy atom. The molecule has 2 aromatic heterocycles. The fourth-order valence-electron chi connectivity index (χ4n) is 3.65. The van der Waals surface area contributed by atoms with Crippen LogP contribution in [0.3, 0.4) is 0 Å². The molecule has 1 aliphatic carbocycles. The van der Waals surface area contributed by atoms with Gasteiger partial charge in [0.25, 0.3) is 5.91 Å². The number of nitrogens with zero attached hydrogens (tertiary/aromatic N) is 2. The maximum atomic E-state index is 12.4. The van der Waals surface area contributed by atoms with Crippen LogP contribution in [0.5, 0.6) is 0 Å². The minimum absolute atomic E-state index is 0.393. The topological polar surface area (TPSA) is 84.1 Å². The van der Waals surface area contributed by atoms with Crippen molar-refractivity contribution in [1.29, 1.82) is 5.26 Å². The molecule has 4 rings (SSSR count). The lowest BCUT2D eigenvalue weighted by atomic mass is 9.96. The number of amides is 1. The van der Waals surface area contributed by atoms with Gasteiger partial charge in [-0.3, -0.25) is 4.79 Å². The summed E-state index contributed by atoms with van der Waals surface area (Å²) in [6.45, 7) is -0.393. The predicted molar refractivity (Wildman–Crippen MR) is 108 cm³/mol. The van der Waals surface area contributed by atoms with E-state index in [0.717, 1.165) is 42.1 Å². The van der Waals surface area contributed by atoms with E-state index in [-0.39, 0.29) is 0 Å². The lowest BCUT2D eigenvalue weighted by Crippen LogP contribution is -2.20. The van der Waals surface area contributed by atoms with Gasteiger partial charge in [-0.1, -0.05) is 18.2 Å². The van der Waals surface area contributed by atoms with E-state index in [2.05, 4.69) is 11.4 Å². The Hall–Kier alpha value is -3.11. The number of anilines is 1. The molecule has 0 saturated heterocycles. The third kappa shape index (κ3) is 3.27. The van der Waals surface area contributed by atoms with Crippen LogP contribution in [-0.4, -0.2) is 23.1 Å². The lowest BCUT2D eigenvalue weighted by molar-refractivity contribution is -0.119. The molecule has 1 aliphatic rings. The van der Waals surface area contributed by atoms with Gasteiger partial charge < -0.3 is 14.6 Å². The standard InChI is InChI=1S/C21H19N3O3S/c1-24-11-16(13-6-2-4-8-17(13)24)21(26)27-12-19(25)23-20-15(10-22)14-7-3-5-9-18(14)28-20/h2,4,6,8,11H,3,5,7,9,12H2,1H3,(H,23,25). The summed E-state index contributed by atoms with van der Waals surface area (Å²) in [6, 6.07) is 9.73. The second-order valence-electron chi connectivity index (χ2n) is 6.82. The minimum atomic E-state index is -0.544. The van der Waals surface area contributed by atoms with Gasteiger partial charge in [0.1, 0.15) is 11.1 Å². The monoisotopic (exact) mass is 393 g/mol. The van der Waals surface area contributed by atoms with Gasteiger partial charge in [0, 0.05) is 29.0 Å². The largest absolute Gasteiger partial charge is 0.452 e. The molecule has 0 fully saturated rings.